The molecule has 0 atom stereocenters. The van der Waals surface area contributed by atoms with Crippen LogP contribution in [0.2, 0.25) is 0 Å². The first-order valence-electron chi connectivity index (χ1n) is 12.9. The molecule has 2 fully saturated rings. The van der Waals surface area contributed by atoms with Gasteiger partial charge in [0.25, 0.3) is 0 Å². The molecule has 0 N–H and O–H groups in total. The van der Waals surface area contributed by atoms with Gasteiger partial charge in [-0.2, -0.15) is 8.78 Å². The van der Waals surface area contributed by atoms with Crippen LogP contribution in [0, 0.1) is 35.3 Å². The molecule has 0 aliphatic heterocycles. The number of hydrogen-bond acceptors (Lipinski definition) is 3. The van der Waals surface area contributed by atoms with E-state index in [-0.39, 0.29) is 24.0 Å². The molecule has 2 saturated carbocycles. The summed E-state index contributed by atoms with van der Waals surface area (Å²) in [5.74, 6) is -1.06. The van der Waals surface area contributed by atoms with Crippen LogP contribution in [0.3, 0.4) is 0 Å². The van der Waals surface area contributed by atoms with Crippen molar-refractivity contribution < 1.29 is 23.0 Å². The van der Waals surface area contributed by atoms with Gasteiger partial charge in [0, 0.05) is 0 Å². The van der Waals surface area contributed by atoms with E-state index in [9.17, 15) is 13.6 Å². The van der Waals surface area contributed by atoms with Crippen molar-refractivity contribution in [1.82, 2.24) is 0 Å². The van der Waals surface area contributed by atoms with Crippen LogP contribution in [0.25, 0.3) is 0 Å². The van der Waals surface area contributed by atoms with Gasteiger partial charge < -0.3 is 9.47 Å². The average Bonchev–Trinajstić information content (AvgIpc) is 2.82. The zero-order valence-electron chi connectivity index (χ0n) is 19.8. The maximum atomic E-state index is 14.2. The molecule has 0 radical (unpaired) electrons. The van der Waals surface area contributed by atoms with Crippen LogP contribution < -0.4 is 9.47 Å². The molecule has 0 aromatic heterocycles. The lowest BCUT2D eigenvalue weighted by Crippen LogP contribution is -2.30. The van der Waals surface area contributed by atoms with E-state index in [2.05, 4.69) is 6.92 Å². The fourth-order valence-corrected chi connectivity index (χ4v) is 5.69. The van der Waals surface area contributed by atoms with Gasteiger partial charge >= 0.3 is 5.97 Å². The third-order valence-electron chi connectivity index (χ3n) is 7.65. The Morgan fingerprint density at radius 2 is 1.44 bits per heavy atom. The zero-order chi connectivity index (χ0) is 22.9. The summed E-state index contributed by atoms with van der Waals surface area (Å²) in [6.07, 6.45) is 15.8. The Kier molecular flexibility index (Phi) is 9.80. The summed E-state index contributed by atoms with van der Waals surface area (Å²) in [5, 5.41) is 0. The molecule has 2 aliphatic carbocycles. The fraction of sp³-hybridized carbons (Fsp3) is 0.741. The van der Waals surface area contributed by atoms with Gasteiger partial charge in [0.05, 0.1) is 12.5 Å². The largest absolute Gasteiger partial charge is 0.491 e. The number of rotatable bonds is 10. The lowest BCUT2D eigenvalue weighted by atomic mass is 9.68. The highest BCUT2D eigenvalue weighted by Crippen LogP contribution is 2.42. The van der Waals surface area contributed by atoms with Crippen molar-refractivity contribution in [1.29, 1.82) is 0 Å². The number of halogens is 2. The number of hydrogen-bond donors (Lipinski definition) is 0. The van der Waals surface area contributed by atoms with Crippen LogP contribution in [0.1, 0.15) is 97.3 Å². The van der Waals surface area contributed by atoms with Crippen molar-refractivity contribution in [3.8, 4) is 11.5 Å². The normalized spacial score (nSPS) is 26.0. The van der Waals surface area contributed by atoms with Gasteiger partial charge in [-0.25, -0.2) is 0 Å². The Bertz CT molecular complexity index is 720. The van der Waals surface area contributed by atoms with Crippen molar-refractivity contribution in [3.63, 3.8) is 0 Å². The molecule has 0 amide bonds. The molecule has 3 rings (SSSR count). The minimum atomic E-state index is -1.16. The highest BCUT2D eigenvalue weighted by molar-refractivity contribution is 5.75. The zero-order valence-corrected chi connectivity index (χ0v) is 19.8. The second kappa shape index (κ2) is 12.6. The van der Waals surface area contributed by atoms with E-state index in [1.165, 1.54) is 69.9 Å². The molecule has 32 heavy (non-hydrogen) atoms. The number of esters is 1. The Hall–Kier alpha value is -1.65. The molecule has 3 nitrogen and oxygen atoms in total. The lowest BCUT2D eigenvalue weighted by molar-refractivity contribution is -0.140. The molecular weight excluding hydrogens is 410 g/mol. The van der Waals surface area contributed by atoms with Crippen molar-refractivity contribution in [2.24, 2.45) is 23.7 Å². The summed E-state index contributed by atoms with van der Waals surface area (Å²) in [6.45, 7) is 4.19. The van der Waals surface area contributed by atoms with E-state index < -0.39 is 17.6 Å². The van der Waals surface area contributed by atoms with Crippen molar-refractivity contribution >= 4 is 5.97 Å². The van der Waals surface area contributed by atoms with Gasteiger partial charge in [-0.15, -0.1) is 0 Å². The first-order chi connectivity index (χ1) is 15.5. The SMILES string of the molecule is CCCCCC[C@H]1CC[C@H]([C@H]2CC[C@H](C(=O)Oc3ccc(OCC)c(F)c3F)CC2)CC1. The fourth-order valence-electron chi connectivity index (χ4n) is 5.69. The van der Waals surface area contributed by atoms with Crippen LogP contribution in [0.4, 0.5) is 8.78 Å². The van der Waals surface area contributed by atoms with Crippen LogP contribution in [-0.4, -0.2) is 12.6 Å². The average molecular weight is 451 g/mol. The Morgan fingerprint density at radius 1 is 0.844 bits per heavy atom. The summed E-state index contributed by atoms with van der Waals surface area (Å²) < 4.78 is 38.6. The summed E-state index contributed by atoms with van der Waals surface area (Å²) >= 11 is 0. The van der Waals surface area contributed by atoms with Gasteiger partial charge in [0.2, 0.25) is 11.6 Å². The van der Waals surface area contributed by atoms with Gasteiger partial charge in [-0.05, 0) is 75.3 Å². The molecule has 1 aromatic carbocycles. The van der Waals surface area contributed by atoms with E-state index in [4.69, 9.17) is 9.47 Å². The summed E-state index contributed by atoms with van der Waals surface area (Å²) in [7, 11) is 0. The third kappa shape index (κ3) is 6.68. The van der Waals surface area contributed by atoms with Crippen molar-refractivity contribution in [3.05, 3.63) is 23.8 Å². The lowest BCUT2D eigenvalue weighted by Gasteiger charge is -2.37. The van der Waals surface area contributed by atoms with Gasteiger partial charge in [-0.3, -0.25) is 4.79 Å². The van der Waals surface area contributed by atoms with E-state index in [0.29, 0.717) is 5.92 Å². The summed E-state index contributed by atoms with van der Waals surface area (Å²) in [4.78, 5) is 12.6. The smallest absolute Gasteiger partial charge is 0.314 e. The topological polar surface area (TPSA) is 35.5 Å². The first kappa shape index (κ1) is 25.0. The predicted octanol–water partition coefficient (Wildman–Crippen LogP) is 7.85. The number of unbranched alkanes of at least 4 members (excludes halogenated alkanes) is 3. The number of ether oxygens (including phenoxy) is 2. The maximum absolute atomic E-state index is 14.2. The summed E-state index contributed by atoms with van der Waals surface area (Å²) in [6, 6.07) is 2.58. The third-order valence-corrected chi connectivity index (χ3v) is 7.65. The Labute approximate surface area is 192 Å². The predicted molar refractivity (Wildman–Crippen MR) is 123 cm³/mol. The molecule has 0 unspecified atom stereocenters. The minimum absolute atomic E-state index is 0.166. The van der Waals surface area contributed by atoms with Crippen LogP contribution in [0.15, 0.2) is 12.1 Å². The van der Waals surface area contributed by atoms with E-state index in [0.717, 1.165) is 37.5 Å². The molecular formula is C27H40F2O3. The monoisotopic (exact) mass is 450 g/mol. The number of carbonyl (C=O) groups is 1. The molecule has 1 aromatic rings. The van der Waals surface area contributed by atoms with Crippen LogP contribution in [-0.2, 0) is 4.79 Å². The highest BCUT2D eigenvalue weighted by atomic mass is 19.2. The quantitative estimate of drug-likeness (QED) is 0.207. The van der Waals surface area contributed by atoms with Gasteiger partial charge in [0.1, 0.15) is 0 Å². The standard InChI is InChI=1S/C27H40F2O3/c1-3-5-6-7-8-19-9-11-20(12-10-19)21-13-15-22(16-14-21)27(30)32-24-18-17-23(31-4-2)25(28)26(24)29/h17-22H,3-16H2,1-2H3/t19-,20-,21-,22-. The van der Waals surface area contributed by atoms with Crippen molar-refractivity contribution in [2.75, 3.05) is 6.61 Å². The molecule has 0 spiro atoms. The number of carbonyl (C=O) groups excluding carboxylic acids is 1. The van der Waals surface area contributed by atoms with E-state index in [1.54, 1.807) is 6.92 Å². The second-order valence-corrected chi connectivity index (χ2v) is 9.79. The van der Waals surface area contributed by atoms with Crippen LogP contribution >= 0.6 is 0 Å². The van der Waals surface area contributed by atoms with Gasteiger partial charge in [0.15, 0.2) is 11.5 Å². The van der Waals surface area contributed by atoms with E-state index in [1.807, 2.05) is 0 Å². The number of benzene rings is 1. The van der Waals surface area contributed by atoms with Crippen molar-refractivity contribution in [2.45, 2.75) is 97.3 Å². The first-order valence-corrected chi connectivity index (χ1v) is 12.9. The molecule has 180 valence electrons. The maximum Gasteiger partial charge on any atom is 0.314 e. The second-order valence-electron chi connectivity index (χ2n) is 9.79. The minimum Gasteiger partial charge on any atom is -0.491 e. The molecule has 0 heterocycles. The van der Waals surface area contributed by atoms with Gasteiger partial charge in [-0.1, -0.05) is 51.9 Å². The molecule has 5 heteroatoms. The van der Waals surface area contributed by atoms with Crippen LogP contribution in [0.5, 0.6) is 11.5 Å². The van der Waals surface area contributed by atoms with E-state index >= 15 is 0 Å². The molecule has 2 aliphatic rings. The Balaban J connectivity index is 1.41. The molecule has 0 bridgehead atoms. The Morgan fingerprint density at radius 3 is 2.06 bits per heavy atom. The highest BCUT2D eigenvalue weighted by Gasteiger charge is 2.34. The summed E-state index contributed by atoms with van der Waals surface area (Å²) in [5.41, 5.74) is 0. The molecule has 0 saturated heterocycles.